The van der Waals surface area contributed by atoms with Crippen LogP contribution in [0, 0.1) is 0 Å². The largest absolute Gasteiger partial charge is 0.382 e. The van der Waals surface area contributed by atoms with Crippen LogP contribution >= 0.6 is 15.9 Å². The molecular formula is C14H19BrN2O3. The number of methoxy groups -OCH3 is 1. The Labute approximate surface area is 127 Å². The van der Waals surface area contributed by atoms with Gasteiger partial charge in [-0.05, 0) is 41.9 Å². The molecule has 1 aliphatic rings. The van der Waals surface area contributed by atoms with Crippen molar-refractivity contribution in [1.82, 2.24) is 9.88 Å². The summed E-state index contributed by atoms with van der Waals surface area (Å²) in [5.41, 5.74) is 0.0639. The van der Waals surface area contributed by atoms with E-state index in [4.69, 9.17) is 9.47 Å². The van der Waals surface area contributed by atoms with Crippen molar-refractivity contribution in [2.24, 2.45) is 0 Å². The highest BCUT2D eigenvalue weighted by Gasteiger charge is 2.36. The smallest absolute Gasteiger partial charge is 0.272 e. The van der Waals surface area contributed by atoms with Crippen LogP contribution in [0.4, 0.5) is 0 Å². The van der Waals surface area contributed by atoms with Crippen LogP contribution in [0.2, 0.25) is 0 Å². The topological polar surface area (TPSA) is 51.7 Å². The van der Waals surface area contributed by atoms with Crippen molar-refractivity contribution in [1.29, 1.82) is 0 Å². The number of morpholine rings is 1. The highest BCUT2D eigenvalue weighted by atomic mass is 79.9. The van der Waals surface area contributed by atoms with E-state index in [0.29, 0.717) is 25.4 Å². The normalized spacial score (nSPS) is 21.8. The first kappa shape index (κ1) is 15.4. The average Bonchev–Trinajstić information content (AvgIpc) is 2.37. The lowest BCUT2D eigenvalue weighted by atomic mass is 10.0. The first-order valence-electron chi connectivity index (χ1n) is 6.49. The molecule has 5 nitrogen and oxygen atoms in total. The molecule has 1 amide bonds. The van der Waals surface area contributed by atoms with Gasteiger partial charge in [0.1, 0.15) is 5.69 Å². The van der Waals surface area contributed by atoms with Crippen molar-refractivity contribution in [2.45, 2.75) is 25.6 Å². The number of halogens is 1. The van der Waals surface area contributed by atoms with E-state index in [0.717, 1.165) is 4.47 Å². The fourth-order valence-corrected chi connectivity index (χ4v) is 2.62. The number of pyridine rings is 1. The van der Waals surface area contributed by atoms with Crippen LogP contribution in [0.25, 0.3) is 0 Å². The van der Waals surface area contributed by atoms with Gasteiger partial charge in [-0.25, -0.2) is 4.98 Å². The van der Waals surface area contributed by atoms with Crippen molar-refractivity contribution in [3.05, 3.63) is 28.5 Å². The van der Waals surface area contributed by atoms with Gasteiger partial charge in [-0.1, -0.05) is 0 Å². The van der Waals surface area contributed by atoms with Gasteiger partial charge in [-0.3, -0.25) is 4.79 Å². The number of nitrogens with zero attached hydrogens (tertiary/aromatic N) is 2. The van der Waals surface area contributed by atoms with E-state index < -0.39 is 0 Å². The van der Waals surface area contributed by atoms with E-state index in [1.807, 2.05) is 19.9 Å². The summed E-state index contributed by atoms with van der Waals surface area (Å²) < 4.78 is 11.9. The van der Waals surface area contributed by atoms with Gasteiger partial charge in [0.25, 0.3) is 5.91 Å². The number of carbonyl (C=O) groups excluding carboxylic acids is 1. The number of ether oxygens (including phenoxy) is 2. The van der Waals surface area contributed by atoms with E-state index in [9.17, 15) is 4.79 Å². The summed E-state index contributed by atoms with van der Waals surface area (Å²) >= 11 is 3.31. The van der Waals surface area contributed by atoms with Gasteiger partial charge in [-0.2, -0.15) is 0 Å². The molecule has 1 fully saturated rings. The van der Waals surface area contributed by atoms with Crippen LogP contribution in [0.15, 0.2) is 22.8 Å². The Bertz CT molecular complexity index is 476. The highest BCUT2D eigenvalue weighted by molar-refractivity contribution is 9.10. The van der Waals surface area contributed by atoms with Gasteiger partial charge in [-0.15, -0.1) is 0 Å². The third-order valence-electron chi connectivity index (χ3n) is 3.07. The van der Waals surface area contributed by atoms with Crippen LogP contribution in [0.5, 0.6) is 0 Å². The summed E-state index contributed by atoms with van der Waals surface area (Å²) in [5.74, 6) is -0.0741. The van der Waals surface area contributed by atoms with Crippen LogP contribution in [0.3, 0.4) is 0 Å². The highest BCUT2D eigenvalue weighted by Crippen LogP contribution is 2.22. The lowest BCUT2D eigenvalue weighted by Gasteiger charge is -2.42. The molecule has 0 spiro atoms. The van der Waals surface area contributed by atoms with Crippen molar-refractivity contribution >= 4 is 21.8 Å². The minimum atomic E-state index is -0.382. The van der Waals surface area contributed by atoms with E-state index in [-0.39, 0.29) is 17.6 Å². The average molecular weight is 343 g/mol. The van der Waals surface area contributed by atoms with Gasteiger partial charge in [0.2, 0.25) is 0 Å². The Kier molecular flexibility index (Phi) is 4.78. The van der Waals surface area contributed by atoms with Gasteiger partial charge < -0.3 is 14.4 Å². The molecule has 20 heavy (non-hydrogen) atoms. The van der Waals surface area contributed by atoms with Gasteiger partial charge in [0.05, 0.1) is 18.3 Å². The molecule has 0 N–H and O–H groups in total. The lowest BCUT2D eigenvalue weighted by Crippen LogP contribution is -2.55. The summed E-state index contributed by atoms with van der Waals surface area (Å²) in [4.78, 5) is 18.4. The number of rotatable bonds is 3. The molecule has 1 saturated heterocycles. The van der Waals surface area contributed by atoms with Gasteiger partial charge in [0.15, 0.2) is 0 Å². The monoisotopic (exact) mass is 342 g/mol. The summed E-state index contributed by atoms with van der Waals surface area (Å²) in [6.45, 7) is 5.49. The Balaban J connectivity index is 2.13. The number of aromatic nitrogens is 1. The molecule has 0 aliphatic carbocycles. The van der Waals surface area contributed by atoms with Crippen LogP contribution in [-0.4, -0.2) is 54.3 Å². The molecule has 1 atom stereocenters. The third-order valence-corrected chi connectivity index (χ3v) is 3.54. The number of carbonyl (C=O) groups is 1. The predicted octanol–water partition coefficient (Wildman–Crippen LogP) is 2.11. The molecule has 0 radical (unpaired) electrons. The van der Waals surface area contributed by atoms with E-state index >= 15 is 0 Å². The maximum Gasteiger partial charge on any atom is 0.272 e. The maximum atomic E-state index is 12.5. The van der Waals surface area contributed by atoms with E-state index in [1.165, 1.54) is 0 Å². The van der Waals surface area contributed by atoms with Crippen molar-refractivity contribution < 1.29 is 14.3 Å². The SMILES string of the molecule is COC[C@H]1CN(C(=O)c2ccc(Br)cn2)CC(C)(C)O1. The standard InChI is InChI=1S/C14H19BrN2O3/c1-14(2)9-17(7-11(20-14)8-19-3)13(18)12-5-4-10(15)6-16-12/h4-6,11H,7-9H2,1-3H3/t11-/m1/s1. The molecule has 0 unspecified atom stereocenters. The second kappa shape index (κ2) is 6.20. The summed E-state index contributed by atoms with van der Waals surface area (Å²) in [7, 11) is 1.63. The zero-order valence-electron chi connectivity index (χ0n) is 11.9. The zero-order chi connectivity index (χ0) is 14.8. The second-order valence-corrected chi connectivity index (χ2v) is 6.42. The van der Waals surface area contributed by atoms with Crippen molar-refractivity contribution in [3.63, 3.8) is 0 Å². The first-order chi connectivity index (χ1) is 9.41. The molecule has 2 rings (SSSR count). The minimum Gasteiger partial charge on any atom is -0.382 e. The fourth-order valence-electron chi connectivity index (χ4n) is 2.39. The summed E-state index contributed by atoms with van der Waals surface area (Å²) in [6, 6.07) is 3.54. The molecular weight excluding hydrogens is 324 g/mol. The molecule has 1 aromatic rings. The molecule has 0 aromatic carbocycles. The molecule has 2 heterocycles. The van der Waals surface area contributed by atoms with E-state index in [2.05, 4.69) is 20.9 Å². The number of hydrogen-bond donors (Lipinski definition) is 0. The first-order valence-corrected chi connectivity index (χ1v) is 7.28. The van der Waals surface area contributed by atoms with Gasteiger partial charge >= 0.3 is 0 Å². The fraction of sp³-hybridized carbons (Fsp3) is 0.571. The molecule has 1 aromatic heterocycles. The Morgan fingerprint density at radius 1 is 1.60 bits per heavy atom. The minimum absolute atomic E-state index is 0.0741. The Hall–Kier alpha value is -0.980. The lowest BCUT2D eigenvalue weighted by molar-refractivity contribution is -0.143. The van der Waals surface area contributed by atoms with Crippen LogP contribution in [0.1, 0.15) is 24.3 Å². The van der Waals surface area contributed by atoms with Crippen LogP contribution < -0.4 is 0 Å². The molecule has 6 heteroatoms. The zero-order valence-corrected chi connectivity index (χ0v) is 13.5. The van der Waals surface area contributed by atoms with Crippen molar-refractivity contribution in [2.75, 3.05) is 26.8 Å². The predicted molar refractivity (Wildman–Crippen MR) is 78.7 cm³/mol. The second-order valence-electron chi connectivity index (χ2n) is 5.50. The Morgan fingerprint density at radius 3 is 2.95 bits per heavy atom. The van der Waals surface area contributed by atoms with Gasteiger partial charge in [0, 0.05) is 30.9 Å². The van der Waals surface area contributed by atoms with Crippen LogP contribution in [-0.2, 0) is 9.47 Å². The molecule has 110 valence electrons. The summed E-state index contributed by atoms with van der Waals surface area (Å²) in [6.07, 6.45) is 1.52. The molecule has 0 bridgehead atoms. The Morgan fingerprint density at radius 2 is 2.35 bits per heavy atom. The third kappa shape index (κ3) is 3.77. The summed E-state index contributed by atoms with van der Waals surface area (Å²) in [5, 5.41) is 0. The molecule has 0 saturated carbocycles. The van der Waals surface area contributed by atoms with E-state index in [1.54, 1.807) is 24.3 Å². The maximum absolute atomic E-state index is 12.5. The number of hydrogen-bond acceptors (Lipinski definition) is 4. The van der Waals surface area contributed by atoms with Crippen molar-refractivity contribution in [3.8, 4) is 0 Å². The molecule has 1 aliphatic heterocycles. The number of amides is 1. The quantitative estimate of drug-likeness (QED) is 0.844.